The molecular formula is C24H28N4O3. The SMILES string of the molecule is Cc1c(N2CC3CCCC3(NCCC#N)C2)ccc2c(=O)c(C(=O)O)cn(C3CC3)c12. The molecule has 2 aliphatic carbocycles. The highest BCUT2D eigenvalue weighted by molar-refractivity contribution is 5.95. The molecule has 2 atom stereocenters. The van der Waals surface area contributed by atoms with Crippen molar-refractivity contribution in [2.45, 2.75) is 57.0 Å². The number of rotatable bonds is 6. The molecule has 31 heavy (non-hydrogen) atoms. The van der Waals surface area contributed by atoms with Crippen molar-refractivity contribution >= 4 is 22.6 Å². The summed E-state index contributed by atoms with van der Waals surface area (Å²) in [6.45, 7) is 4.64. The predicted octanol–water partition coefficient (Wildman–Crippen LogP) is 3.21. The summed E-state index contributed by atoms with van der Waals surface area (Å²) < 4.78 is 2.02. The van der Waals surface area contributed by atoms with Crippen LogP contribution in [0.15, 0.2) is 23.1 Å². The van der Waals surface area contributed by atoms with Gasteiger partial charge in [-0.2, -0.15) is 5.26 Å². The summed E-state index contributed by atoms with van der Waals surface area (Å²) in [4.78, 5) is 26.9. The number of nitriles is 1. The number of carboxylic acids is 1. The lowest BCUT2D eigenvalue weighted by atomic mass is 9.90. The first kappa shape index (κ1) is 20.1. The van der Waals surface area contributed by atoms with Crippen molar-refractivity contribution in [2.75, 3.05) is 24.5 Å². The van der Waals surface area contributed by atoms with Crippen molar-refractivity contribution in [3.8, 4) is 6.07 Å². The molecule has 162 valence electrons. The van der Waals surface area contributed by atoms with E-state index in [1.54, 1.807) is 6.20 Å². The average molecular weight is 421 g/mol. The number of hydrogen-bond donors (Lipinski definition) is 2. The van der Waals surface area contributed by atoms with Crippen molar-refractivity contribution in [2.24, 2.45) is 5.92 Å². The Labute approximate surface area is 181 Å². The van der Waals surface area contributed by atoms with Gasteiger partial charge in [0, 0.05) is 54.9 Å². The highest BCUT2D eigenvalue weighted by atomic mass is 16.4. The van der Waals surface area contributed by atoms with Crippen LogP contribution in [0, 0.1) is 24.2 Å². The van der Waals surface area contributed by atoms with Crippen molar-refractivity contribution in [3.63, 3.8) is 0 Å². The number of anilines is 1. The number of carboxylic acid groups (broad SMARTS) is 1. The first-order valence-corrected chi connectivity index (χ1v) is 11.2. The van der Waals surface area contributed by atoms with E-state index in [0.29, 0.717) is 17.7 Å². The van der Waals surface area contributed by atoms with Gasteiger partial charge in [0.25, 0.3) is 0 Å². The number of nitrogens with zero attached hydrogens (tertiary/aromatic N) is 3. The molecule has 2 N–H and O–H groups in total. The fourth-order valence-corrected chi connectivity index (χ4v) is 5.88. The Kier molecular flexibility index (Phi) is 4.78. The van der Waals surface area contributed by atoms with E-state index < -0.39 is 11.4 Å². The Morgan fingerprint density at radius 2 is 2.16 bits per heavy atom. The van der Waals surface area contributed by atoms with Crippen LogP contribution < -0.4 is 15.6 Å². The van der Waals surface area contributed by atoms with Crippen LogP contribution in [0.2, 0.25) is 0 Å². The van der Waals surface area contributed by atoms with Crippen LogP contribution in [-0.4, -0.2) is 40.8 Å². The van der Waals surface area contributed by atoms with Crippen LogP contribution in [0.4, 0.5) is 5.69 Å². The monoisotopic (exact) mass is 420 g/mol. The number of pyridine rings is 1. The van der Waals surface area contributed by atoms with Gasteiger partial charge in [-0.25, -0.2) is 4.79 Å². The van der Waals surface area contributed by atoms with Gasteiger partial charge in [-0.15, -0.1) is 0 Å². The minimum absolute atomic E-state index is 0.0571. The molecule has 7 heteroatoms. The van der Waals surface area contributed by atoms with Gasteiger partial charge < -0.3 is 19.9 Å². The summed E-state index contributed by atoms with van der Waals surface area (Å²) in [6, 6.07) is 6.31. The van der Waals surface area contributed by atoms with Crippen molar-refractivity contribution in [1.82, 2.24) is 9.88 Å². The maximum atomic E-state index is 12.9. The Hall–Kier alpha value is -2.85. The zero-order chi connectivity index (χ0) is 21.8. The Morgan fingerprint density at radius 3 is 2.87 bits per heavy atom. The molecule has 1 aromatic carbocycles. The highest BCUT2D eigenvalue weighted by Gasteiger charge is 2.49. The van der Waals surface area contributed by atoms with Gasteiger partial charge in [0.05, 0.1) is 11.6 Å². The van der Waals surface area contributed by atoms with Gasteiger partial charge in [0.2, 0.25) is 5.43 Å². The first-order valence-electron chi connectivity index (χ1n) is 11.2. The first-order chi connectivity index (χ1) is 14.9. The number of carbonyl (C=O) groups is 1. The molecule has 7 nitrogen and oxygen atoms in total. The number of benzene rings is 1. The fourth-order valence-electron chi connectivity index (χ4n) is 5.88. The molecule has 2 unspecified atom stereocenters. The molecule has 1 aliphatic heterocycles. The normalized spacial score (nSPS) is 25.0. The molecule has 0 spiro atoms. The number of hydrogen-bond acceptors (Lipinski definition) is 5. The van der Waals surface area contributed by atoms with E-state index in [2.05, 4.69) is 23.2 Å². The van der Waals surface area contributed by atoms with Gasteiger partial charge in [0.15, 0.2) is 0 Å². The number of aromatic carboxylic acids is 1. The molecule has 5 rings (SSSR count). The average Bonchev–Trinajstić information content (AvgIpc) is 3.42. The molecule has 2 heterocycles. The van der Waals surface area contributed by atoms with Gasteiger partial charge in [-0.1, -0.05) is 6.42 Å². The van der Waals surface area contributed by atoms with E-state index in [-0.39, 0.29) is 17.1 Å². The molecule has 2 aromatic rings. The molecule has 3 aliphatic rings. The van der Waals surface area contributed by atoms with Crippen LogP contribution in [0.25, 0.3) is 10.9 Å². The van der Waals surface area contributed by atoms with Crippen LogP contribution in [0.3, 0.4) is 0 Å². The molecule has 1 aromatic heterocycles. The molecule has 0 bridgehead atoms. The lowest BCUT2D eigenvalue weighted by Crippen LogP contribution is -2.49. The number of nitrogens with one attached hydrogen (secondary N) is 1. The van der Waals surface area contributed by atoms with E-state index in [1.807, 2.05) is 16.7 Å². The number of aromatic nitrogens is 1. The van der Waals surface area contributed by atoms with Crippen LogP contribution in [0.5, 0.6) is 0 Å². The maximum Gasteiger partial charge on any atom is 0.341 e. The molecule has 0 amide bonds. The Balaban J connectivity index is 1.56. The minimum atomic E-state index is -1.17. The highest BCUT2D eigenvalue weighted by Crippen LogP contribution is 2.45. The third-order valence-corrected chi connectivity index (χ3v) is 7.51. The van der Waals surface area contributed by atoms with Crippen molar-refractivity contribution in [3.05, 3.63) is 39.7 Å². The summed E-state index contributed by atoms with van der Waals surface area (Å²) in [7, 11) is 0. The summed E-state index contributed by atoms with van der Waals surface area (Å²) in [5, 5.41) is 22.6. The van der Waals surface area contributed by atoms with E-state index in [1.165, 1.54) is 12.8 Å². The van der Waals surface area contributed by atoms with E-state index in [0.717, 1.165) is 55.7 Å². The van der Waals surface area contributed by atoms with Crippen LogP contribution in [-0.2, 0) is 0 Å². The Morgan fingerprint density at radius 1 is 1.35 bits per heavy atom. The molecule has 0 radical (unpaired) electrons. The maximum absolute atomic E-state index is 12.9. The fraction of sp³-hybridized carbons (Fsp3) is 0.542. The summed E-state index contributed by atoms with van der Waals surface area (Å²) in [5.41, 5.74) is 2.55. The quantitative estimate of drug-likeness (QED) is 0.697. The second-order valence-corrected chi connectivity index (χ2v) is 9.38. The second kappa shape index (κ2) is 7.38. The van der Waals surface area contributed by atoms with Gasteiger partial charge in [-0.3, -0.25) is 4.79 Å². The summed E-state index contributed by atoms with van der Waals surface area (Å²) in [5.74, 6) is -0.609. The van der Waals surface area contributed by atoms with Gasteiger partial charge in [0.1, 0.15) is 5.56 Å². The van der Waals surface area contributed by atoms with Crippen molar-refractivity contribution < 1.29 is 9.90 Å². The number of fused-ring (bicyclic) bond motifs is 2. The lowest BCUT2D eigenvalue weighted by molar-refractivity contribution is 0.0695. The molecule has 1 saturated heterocycles. The molecule has 3 fully saturated rings. The van der Waals surface area contributed by atoms with E-state index in [9.17, 15) is 14.7 Å². The van der Waals surface area contributed by atoms with Crippen LogP contribution >= 0.6 is 0 Å². The third kappa shape index (κ3) is 3.21. The molecule has 2 saturated carbocycles. The standard InChI is InChI=1S/C24H28N4O3/c1-15-20(27-12-16-4-2-9-24(16,14-27)26-11-3-10-25)8-7-18-21(15)28(17-5-6-17)13-19(22(18)29)23(30)31/h7-8,13,16-17,26H,2-6,9,11-12,14H2,1H3,(H,30,31). The smallest absolute Gasteiger partial charge is 0.341 e. The topological polar surface area (TPSA) is 98.4 Å². The predicted molar refractivity (Wildman–Crippen MR) is 119 cm³/mol. The zero-order valence-corrected chi connectivity index (χ0v) is 17.9. The second-order valence-electron chi connectivity index (χ2n) is 9.38. The van der Waals surface area contributed by atoms with Crippen LogP contribution in [0.1, 0.15) is 60.5 Å². The van der Waals surface area contributed by atoms with Crippen molar-refractivity contribution in [1.29, 1.82) is 5.26 Å². The third-order valence-electron chi connectivity index (χ3n) is 7.51. The van der Waals surface area contributed by atoms with Gasteiger partial charge >= 0.3 is 5.97 Å². The molecular weight excluding hydrogens is 392 g/mol. The largest absolute Gasteiger partial charge is 0.477 e. The summed E-state index contributed by atoms with van der Waals surface area (Å²) in [6.07, 6.45) is 7.62. The minimum Gasteiger partial charge on any atom is -0.477 e. The van der Waals surface area contributed by atoms with E-state index in [4.69, 9.17) is 5.26 Å². The van der Waals surface area contributed by atoms with Gasteiger partial charge in [-0.05, 0) is 56.2 Å². The number of aryl methyl sites for hydroxylation is 1. The van der Waals surface area contributed by atoms with E-state index >= 15 is 0 Å². The zero-order valence-electron chi connectivity index (χ0n) is 17.9. The lowest BCUT2D eigenvalue weighted by Gasteiger charge is -2.31. The Bertz CT molecular complexity index is 1160. The summed E-state index contributed by atoms with van der Waals surface area (Å²) >= 11 is 0.